The molecule has 4 fully saturated rings. The summed E-state index contributed by atoms with van der Waals surface area (Å²) >= 11 is 0. The molecule has 1 aliphatic heterocycles. The molecular weight excluding hydrogens is 250 g/mol. The average Bonchev–Trinajstić information content (AvgIpc) is 3.25. The number of imide groups is 1. The van der Waals surface area contributed by atoms with E-state index in [1.807, 2.05) is 0 Å². The summed E-state index contributed by atoms with van der Waals surface area (Å²) in [5, 5.41) is 0. The topological polar surface area (TPSA) is 37.4 Å². The summed E-state index contributed by atoms with van der Waals surface area (Å²) < 4.78 is 0. The number of rotatable bonds is 1. The highest BCUT2D eigenvalue weighted by atomic mass is 16.2. The molecule has 6 rings (SSSR count). The quantitative estimate of drug-likeness (QED) is 0.542. The Bertz CT molecular complexity index is 483. The molecule has 106 valence electrons. The first-order valence-electron chi connectivity index (χ1n) is 8.32. The number of carbonyl (C=O) groups is 2. The largest absolute Gasteiger partial charge is 0.279 e. The van der Waals surface area contributed by atoms with Crippen LogP contribution in [-0.2, 0) is 9.59 Å². The molecular formula is C17H21NO2. The van der Waals surface area contributed by atoms with E-state index in [-0.39, 0.29) is 29.7 Å². The van der Waals surface area contributed by atoms with Crippen LogP contribution in [0.25, 0.3) is 0 Å². The summed E-state index contributed by atoms with van der Waals surface area (Å²) in [6, 6.07) is 0.213. The lowest BCUT2D eigenvalue weighted by Gasteiger charge is -2.37. The molecule has 1 saturated heterocycles. The zero-order valence-corrected chi connectivity index (χ0v) is 11.7. The SMILES string of the molecule is O=C1[C@@H]2[C@@H]3C=C[C@@H]([C@H]4C[C@@H]34)[C@H]2C(=O)N1C1CCCCC1. The summed E-state index contributed by atoms with van der Waals surface area (Å²) in [6.07, 6.45) is 11.4. The number of allylic oxidation sites excluding steroid dienone is 2. The van der Waals surface area contributed by atoms with Gasteiger partial charge in [-0.3, -0.25) is 14.5 Å². The van der Waals surface area contributed by atoms with Crippen molar-refractivity contribution < 1.29 is 9.59 Å². The molecule has 2 amide bonds. The molecule has 3 nitrogen and oxygen atoms in total. The third kappa shape index (κ3) is 1.27. The second kappa shape index (κ2) is 3.75. The maximum atomic E-state index is 12.9. The van der Waals surface area contributed by atoms with Crippen molar-refractivity contribution in [2.24, 2.45) is 35.5 Å². The predicted molar refractivity (Wildman–Crippen MR) is 73.4 cm³/mol. The lowest BCUT2D eigenvalue weighted by atomic mass is 9.63. The van der Waals surface area contributed by atoms with Crippen molar-refractivity contribution >= 4 is 11.8 Å². The highest BCUT2D eigenvalue weighted by molar-refractivity contribution is 6.06. The molecule has 0 aromatic heterocycles. The van der Waals surface area contributed by atoms with Crippen molar-refractivity contribution in [2.45, 2.75) is 44.6 Å². The minimum atomic E-state index is 0.00294. The fourth-order valence-electron chi connectivity index (χ4n) is 5.68. The van der Waals surface area contributed by atoms with Crippen LogP contribution < -0.4 is 0 Å². The smallest absolute Gasteiger partial charge is 0.233 e. The van der Waals surface area contributed by atoms with Crippen LogP contribution in [-0.4, -0.2) is 22.8 Å². The van der Waals surface area contributed by atoms with Gasteiger partial charge in [0.1, 0.15) is 0 Å². The Morgan fingerprint density at radius 2 is 1.40 bits per heavy atom. The highest BCUT2D eigenvalue weighted by Crippen LogP contribution is 2.65. The molecule has 0 aromatic carbocycles. The molecule has 3 heteroatoms. The third-order valence-electron chi connectivity index (χ3n) is 6.64. The van der Waals surface area contributed by atoms with E-state index in [1.54, 1.807) is 4.90 Å². The maximum Gasteiger partial charge on any atom is 0.233 e. The molecule has 1 heterocycles. The van der Waals surface area contributed by atoms with Gasteiger partial charge in [0.2, 0.25) is 11.8 Å². The Kier molecular flexibility index (Phi) is 2.16. The normalized spacial score (nSPS) is 49.5. The van der Waals surface area contributed by atoms with Crippen LogP contribution in [0, 0.1) is 35.5 Å². The van der Waals surface area contributed by atoms with Crippen LogP contribution in [0.15, 0.2) is 12.2 Å². The summed E-state index contributed by atoms with van der Waals surface area (Å²) in [5.74, 6) is 2.54. The van der Waals surface area contributed by atoms with E-state index in [9.17, 15) is 9.59 Å². The van der Waals surface area contributed by atoms with Crippen LogP contribution in [0.1, 0.15) is 38.5 Å². The molecule has 0 radical (unpaired) electrons. The Labute approximate surface area is 119 Å². The molecule has 3 saturated carbocycles. The molecule has 0 spiro atoms. The first-order valence-corrected chi connectivity index (χ1v) is 8.32. The Morgan fingerprint density at radius 1 is 0.850 bits per heavy atom. The van der Waals surface area contributed by atoms with E-state index < -0.39 is 0 Å². The lowest BCUT2D eigenvalue weighted by Crippen LogP contribution is -2.42. The van der Waals surface area contributed by atoms with Crippen LogP contribution in [0.3, 0.4) is 0 Å². The van der Waals surface area contributed by atoms with Gasteiger partial charge in [-0.1, -0.05) is 31.4 Å². The van der Waals surface area contributed by atoms with Crippen LogP contribution >= 0.6 is 0 Å². The first kappa shape index (κ1) is 11.5. The van der Waals surface area contributed by atoms with Crippen molar-refractivity contribution in [1.29, 1.82) is 0 Å². The van der Waals surface area contributed by atoms with Gasteiger partial charge in [0.15, 0.2) is 0 Å². The Balaban J connectivity index is 1.50. The van der Waals surface area contributed by atoms with Crippen molar-refractivity contribution in [3.8, 4) is 0 Å². The number of hydrogen-bond donors (Lipinski definition) is 0. The highest BCUT2D eigenvalue weighted by Gasteiger charge is 2.67. The van der Waals surface area contributed by atoms with Gasteiger partial charge in [0.05, 0.1) is 11.8 Å². The summed E-state index contributed by atoms with van der Waals surface area (Å²) in [6.45, 7) is 0. The molecule has 0 N–H and O–H groups in total. The van der Waals surface area contributed by atoms with Crippen molar-refractivity contribution in [3.63, 3.8) is 0 Å². The minimum Gasteiger partial charge on any atom is -0.279 e. The molecule has 6 aliphatic rings. The molecule has 0 aromatic rings. The summed E-state index contributed by atoms with van der Waals surface area (Å²) in [4.78, 5) is 27.5. The van der Waals surface area contributed by atoms with Gasteiger partial charge in [0, 0.05) is 6.04 Å². The third-order valence-corrected chi connectivity index (χ3v) is 6.64. The number of carbonyl (C=O) groups excluding carboxylic acids is 2. The van der Waals surface area contributed by atoms with E-state index in [2.05, 4.69) is 12.2 Å². The van der Waals surface area contributed by atoms with E-state index in [1.165, 1.54) is 25.7 Å². The molecule has 6 atom stereocenters. The zero-order chi connectivity index (χ0) is 13.4. The van der Waals surface area contributed by atoms with Gasteiger partial charge in [-0.15, -0.1) is 0 Å². The fourth-order valence-corrected chi connectivity index (χ4v) is 5.68. The van der Waals surface area contributed by atoms with Gasteiger partial charge in [-0.2, -0.15) is 0 Å². The second-order valence-corrected chi connectivity index (χ2v) is 7.49. The van der Waals surface area contributed by atoms with Crippen LogP contribution in [0.4, 0.5) is 0 Å². The fraction of sp³-hybridized carbons (Fsp3) is 0.765. The number of hydrogen-bond acceptors (Lipinski definition) is 2. The monoisotopic (exact) mass is 271 g/mol. The lowest BCUT2D eigenvalue weighted by molar-refractivity contribution is -0.143. The van der Waals surface area contributed by atoms with Crippen LogP contribution in [0.5, 0.6) is 0 Å². The van der Waals surface area contributed by atoms with E-state index in [0.29, 0.717) is 23.7 Å². The number of likely N-dealkylation sites (tertiary alicyclic amines) is 1. The molecule has 20 heavy (non-hydrogen) atoms. The Hall–Kier alpha value is -1.12. The molecule has 2 bridgehead atoms. The zero-order valence-electron chi connectivity index (χ0n) is 11.7. The standard InChI is InChI=1S/C17H21NO2/c19-16-14-10-6-7-11(13-8-12(10)13)15(14)17(20)18(16)9-4-2-1-3-5-9/h6-7,9-15H,1-5,8H2/t10-,11+,12+,13-,14-,15-/m1/s1. The van der Waals surface area contributed by atoms with Gasteiger partial charge < -0.3 is 0 Å². The van der Waals surface area contributed by atoms with Gasteiger partial charge in [-0.05, 0) is 42.9 Å². The summed E-state index contributed by atoms with van der Waals surface area (Å²) in [7, 11) is 0. The second-order valence-electron chi connectivity index (χ2n) is 7.49. The molecule has 5 aliphatic carbocycles. The minimum absolute atomic E-state index is 0.00294. The predicted octanol–water partition coefficient (Wildman–Crippen LogP) is 2.37. The summed E-state index contributed by atoms with van der Waals surface area (Å²) in [5.41, 5.74) is 0. The average molecular weight is 271 g/mol. The Morgan fingerprint density at radius 3 is 1.95 bits per heavy atom. The van der Waals surface area contributed by atoms with Gasteiger partial charge >= 0.3 is 0 Å². The van der Waals surface area contributed by atoms with E-state index in [4.69, 9.17) is 0 Å². The van der Waals surface area contributed by atoms with E-state index in [0.717, 1.165) is 12.8 Å². The first-order chi connectivity index (χ1) is 9.77. The van der Waals surface area contributed by atoms with Crippen molar-refractivity contribution in [2.75, 3.05) is 0 Å². The number of nitrogens with zero attached hydrogens (tertiary/aromatic N) is 1. The van der Waals surface area contributed by atoms with E-state index >= 15 is 0 Å². The van der Waals surface area contributed by atoms with Gasteiger partial charge in [0.25, 0.3) is 0 Å². The van der Waals surface area contributed by atoms with Crippen molar-refractivity contribution in [1.82, 2.24) is 4.90 Å². The van der Waals surface area contributed by atoms with Crippen LogP contribution in [0.2, 0.25) is 0 Å². The maximum absolute atomic E-state index is 12.9. The van der Waals surface area contributed by atoms with Crippen molar-refractivity contribution in [3.05, 3.63) is 12.2 Å². The molecule has 0 unspecified atom stereocenters. The number of amides is 2. The van der Waals surface area contributed by atoms with Gasteiger partial charge in [-0.25, -0.2) is 0 Å².